The predicted molar refractivity (Wildman–Crippen MR) is 80.3 cm³/mol. The molecule has 0 fully saturated rings. The van der Waals surface area contributed by atoms with E-state index in [1.54, 1.807) is 0 Å². The van der Waals surface area contributed by atoms with Crippen molar-refractivity contribution in [2.75, 3.05) is 0 Å². The summed E-state index contributed by atoms with van der Waals surface area (Å²) in [5, 5.41) is 0. The Bertz CT molecular complexity index is 558. The van der Waals surface area contributed by atoms with Crippen LogP contribution in [0.25, 0.3) is 17.2 Å². The Hall–Kier alpha value is -1.56. The van der Waals surface area contributed by atoms with E-state index in [2.05, 4.69) is 44.4 Å². The zero-order valence-corrected chi connectivity index (χ0v) is 11.1. The Balaban J connectivity index is 2.19. The standard InChI is InChI=1S/C18H20/c1-4-14-10-13(3)18-16(11-14)9-8-15-7-5-6-12(2)17(15)18/h5,7-9,14H,2-4,6,10-11H2,1H3. The molecule has 0 heterocycles. The number of rotatable bonds is 1. The Morgan fingerprint density at radius 2 is 1.94 bits per heavy atom. The zero-order chi connectivity index (χ0) is 12.7. The van der Waals surface area contributed by atoms with Crippen LogP contribution in [0.5, 0.6) is 0 Å². The van der Waals surface area contributed by atoms with Gasteiger partial charge in [-0.3, -0.25) is 0 Å². The van der Waals surface area contributed by atoms with E-state index in [1.807, 2.05) is 0 Å². The lowest BCUT2D eigenvalue weighted by Gasteiger charge is -2.30. The molecule has 0 saturated carbocycles. The highest BCUT2D eigenvalue weighted by molar-refractivity contribution is 5.88. The molecule has 92 valence electrons. The van der Waals surface area contributed by atoms with Crippen LogP contribution in [0.15, 0.2) is 31.4 Å². The Kier molecular flexibility index (Phi) is 2.74. The first-order chi connectivity index (χ1) is 8.70. The van der Waals surface area contributed by atoms with Gasteiger partial charge in [-0.1, -0.05) is 50.8 Å². The van der Waals surface area contributed by atoms with Crippen LogP contribution in [-0.4, -0.2) is 0 Å². The van der Waals surface area contributed by atoms with Gasteiger partial charge in [0.05, 0.1) is 0 Å². The monoisotopic (exact) mass is 236 g/mol. The normalized spacial score (nSPS) is 21.7. The largest absolute Gasteiger partial charge is 0.0952 e. The van der Waals surface area contributed by atoms with Crippen molar-refractivity contribution in [1.29, 1.82) is 0 Å². The van der Waals surface area contributed by atoms with Gasteiger partial charge in [0.25, 0.3) is 0 Å². The summed E-state index contributed by atoms with van der Waals surface area (Å²) in [6, 6.07) is 4.55. The van der Waals surface area contributed by atoms with Crippen LogP contribution < -0.4 is 0 Å². The molecule has 2 aliphatic carbocycles. The fourth-order valence-electron chi connectivity index (χ4n) is 3.31. The summed E-state index contributed by atoms with van der Waals surface area (Å²) in [5.74, 6) is 0.774. The molecule has 0 N–H and O–H groups in total. The van der Waals surface area contributed by atoms with Gasteiger partial charge in [-0.25, -0.2) is 0 Å². The van der Waals surface area contributed by atoms with Gasteiger partial charge >= 0.3 is 0 Å². The second-order valence-corrected chi connectivity index (χ2v) is 5.56. The minimum Gasteiger partial charge on any atom is -0.0952 e. The molecule has 2 aliphatic rings. The maximum absolute atomic E-state index is 4.33. The second-order valence-electron chi connectivity index (χ2n) is 5.56. The van der Waals surface area contributed by atoms with Gasteiger partial charge in [-0.15, -0.1) is 0 Å². The fourth-order valence-corrected chi connectivity index (χ4v) is 3.31. The highest BCUT2D eigenvalue weighted by Crippen LogP contribution is 2.42. The lowest BCUT2D eigenvalue weighted by Crippen LogP contribution is -2.15. The summed E-state index contributed by atoms with van der Waals surface area (Å²) in [4.78, 5) is 0. The first-order valence-electron chi connectivity index (χ1n) is 6.89. The molecule has 1 aromatic carbocycles. The summed E-state index contributed by atoms with van der Waals surface area (Å²) in [6.07, 6.45) is 9.01. The highest BCUT2D eigenvalue weighted by atomic mass is 14.3. The molecule has 0 saturated heterocycles. The van der Waals surface area contributed by atoms with Gasteiger partial charge in [0.15, 0.2) is 0 Å². The van der Waals surface area contributed by atoms with E-state index >= 15 is 0 Å². The summed E-state index contributed by atoms with van der Waals surface area (Å²) >= 11 is 0. The van der Waals surface area contributed by atoms with Crippen LogP contribution >= 0.6 is 0 Å². The van der Waals surface area contributed by atoms with E-state index < -0.39 is 0 Å². The third kappa shape index (κ3) is 1.68. The molecule has 0 amide bonds. The van der Waals surface area contributed by atoms with Crippen LogP contribution in [0.3, 0.4) is 0 Å². The molecule has 1 aromatic rings. The average Bonchev–Trinajstić information content (AvgIpc) is 2.38. The molecule has 3 rings (SSSR count). The SMILES string of the molecule is C=C1CC=Cc2ccc3c(c21)C(=C)CC(CC)C3. The van der Waals surface area contributed by atoms with Crippen molar-refractivity contribution in [3.8, 4) is 0 Å². The summed E-state index contributed by atoms with van der Waals surface area (Å²) in [7, 11) is 0. The summed E-state index contributed by atoms with van der Waals surface area (Å²) in [6.45, 7) is 10.9. The molecule has 0 nitrogen and oxygen atoms in total. The number of benzene rings is 1. The van der Waals surface area contributed by atoms with E-state index in [-0.39, 0.29) is 0 Å². The van der Waals surface area contributed by atoms with E-state index in [1.165, 1.54) is 46.2 Å². The predicted octanol–water partition coefficient (Wildman–Crippen LogP) is 5.10. The van der Waals surface area contributed by atoms with Crippen molar-refractivity contribution in [2.24, 2.45) is 5.92 Å². The van der Waals surface area contributed by atoms with E-state index in [9.17, 15) is 0 Å². The molecule has 0 aliphatic heterocycles. The van der Waals surface area contributed by atoms with Crippen molar-refractivity contribution in [2.45, 2.75) is 32.6 Å². The Morgan fingerprint density at radius 1 is 1.11 bits per heavy atom. The van der Waals surface area contributed by atoms with Crippen molar-refractivity contribution in [3.05, 3.63) is 53.6 Å². The molecule has 0 radical (unpaired) electrons. The minimum absolute atomic E-state index is 0.774. The summed E-state index contributed by atoms with van der Waals surface area (Å²) in [5.41, 5.74) is 8.15. The zero-order valence-electron chi connectivity index (χ0n) is 11.1. The average molecular weight is 236 g/mol. The number of fused-ring (bicyclic) bond motifs is 3. The Labute approximate surface area is 110 Å². The fraction of sp³-hybridized carbons (Fsp3) is 0.333. The van der Waals surface area contributed by atoms with Crippen LogP contribution in [0.4, 0.5) is 0 Å². The molecule has 1 unspecified atom stereocenters. The van der Waals surface area contributed by atoms with Crippen LogP contribution in [-0.2, 0) is 6.42 Å². The summed E-state index contributed by atoms with van der Waals surface area (Å²) < 4.78 is 0. The van der Waals surface area contributed by atoms with Crippen molar-refractivity contribution < 1.29 is 0 Å². The van der Waals surface area contributed by atoms with Crippen LogP contribution in [0.2, 0.25) is 0 Å². The first-order valence-corrected chi connectivity index (χ1v) is 6.89. The quantitative estimate of drug-likeness (QED) is 0.636. The van der Waals surface area contributed by atoms with Gasteiger partial charge < -0.3 is 0 Å². The third-order valence-corrected chi connectivity index (χ3v) is 4.31. The van der Waals surface area contributed by atoms with Gasteiger partial charge in [-0.2, -0.15) is 0 Å². The highest BCUT2D eigenvalue weighted by Gasteiger charge is 2.25. The minimum atomic E-state index is 0.774. The molecular weight excluding hydrogens is 216 g/mol. The van der Waals surface area contributed by atoms with Gasteiger partial charge in [0, 0.05) is 0 Å². The maximum Gasteiger partial charge on any atom is -0.00769 e. The smallest absolute Gasteiger partial charge is 0.00769 e. The molecule has 0 bridgehead atoms. The van der Waals surface area contributed by atoms with Gasteiger partial charge in [-0.05, 0) is 58.6 Å². The van der Waals surface area contributed by atoms with Crippen molar-refractivity contribution in [1.82, 2.24) is 0 Å². The van der Waals surface area contributed by atoms with Crippen molar-refractivity contribution >= 4 is 17.2 Å². The Morgan fingerprint density at radius 3 is 2.72 bits per heavy atom. The van der Waals surface area contributed by atoms with Gasteiger partial charge in [0.2, 0.25) is 0 Å². The second kappa shape index (κ2) is 4.28. The molecular formula is C18H20. The third-order valence-electron chi connectivity index (χ3n) is 4.31. The maximum atomic E-state index is 4.33. The van der Waals surface area contributed by atoms with E-state index in [4.69, 9.17) is 0 Å². The lowest BCUT2D eigenvalue weighted by molar-refractivity contribution is 0.508. The van der Waals surface area contributed by atoms with Crippen molar-refractivity contribution in [3.63, 3.8) is 0 Å². The van der Waals surface area contributed by atoms with Gasteiger partial charge in [0.1, 0.15) is 0 Å². The molecule has 0 spiro atoms. The first kappa shape index (κ1) is 11.5. The number of hydrogen-bond acceptors (Lipinski definition) is 0. The molecule has 18 heavy (non-hydrogen) atoms. The number of hydrogen-bond donors (Lipinski definition) is 0. The van der Waals surface area contributed by atoms with E-state index in [0.29, 0.717) is 0 Å². The molecule has 0 heteroatoms. The van der Waals surface area contributed by atoms with Crippen LogP contribution in [0.1, 0.15) is 48.4 Å². The molecule has 0 aromatic heterocycles. The molecule has 1 atom stereocenters. The topological polar surface area (TPSA) is 0 Å². The number of allylic oxidation sites excluding steroid dienone is 3. The van der Waals surface area contributed by atoms with Crippen LogP contribution in [0, 0.1) is 5.92 Å². The van der Waals surface area contributed by atoms with E-state index in [0.717, 1.165) is 18.8 Å². The lowest BCUT2D eigenvalue weighted by atomic mass is 9.75.